The standard InChI is InChI=1S/C14H17N3O/c15-10-13(18)17-8-6-14(11-16,7-9-17)12-4-2-1-3-5-12/h1-5H,6-10,15H2. The molecule has 1 aromatic carbocycles. The van der Waals surface area contributed by atoms with E-state index in [4.69, 9.17) is 5.73 Å². The number of piperidine rings is 1. The van der Waals surface area contributed by atoms with E-state index in [-0.39, 0.29) is 12.5 Å². The van der Waals surface area contributed by atoms with E-state index in [9.17, 15) is 10.1 Å². The molecule has 94 valence electrons. The fourth-order valence-electron chi connectivity index (χ4n) is 2.49. The summed E-state index contributed by atoms with van der Waals surface area (Å²) in [5.74, 6) is -0.0328. The number of benzene rings is 1. The van der Waals surface area contributed by atoms with E-state index in [1.807, 2.05) is 30.3 Å². The Hall–Kier alpha value is -1.86. The number of carbonyl (C=O) groups excluding carboxylic acids is 1. The van der Waals surface area contributed by atoms with Crippen LogP contribution < -0.4 is 5.73 Å². The molecule has 2 N–H and O–H groups in total. The van der Waals surface area contributed by atoms with Crippen molar-refractivity contribution in [2.75, 3.05) is 19.6 Å². The van der Waals surface area contributed by atoms with Gasteiger partial charge in [-0.15, -0.1) is 0 Å². The summed E-state index contributed by atoms with van der Waals surface area (Å²) in [4.78, 5) is 13.3. The minimum Gasteiger partial charge on any atom is -0.341 e. The van der Waals surface area contributed by atoms with Gasteiger partial charge in [0.15, 0.2) is 0 Å². The summed E-state index contributed by atoms with van der Waals surface area (Å²) in [5, 5.41) is 9.50. The fraction of sp³-hybridized carbons (Fsp3) is 0.429. The van der Waals surface area contributed by atoms with E-state index in [0.717, 1.165) is 5.56 Å². The molecule has 1 aromatic rings. The van der Waals surface area contributed by atoms with E-state index in [1.54, 1.807) is 4.90 Å². The SMILES string of the molecule is N#CC1(c2ccccc2)CCN(C(=O)CN)CC1. The Morgan fingerprint density at radius 1 is 1.33 bits per heavy atom. The zero-order chi connectivity index (χ0) is 13.0. The van der Waals surface area contributed by atoms with Gasteiger partial charge in [0.2, 0.25) is 5.91 Å². The minimum atomic E-state index is -0.452. The number of nitriles is 1. The van der Waals surface area contributed by atoms with E-state index < -0.39 is 5.41 Å². The maximum Gasteiger partial charge on any atom is 0.236 e. The van der Waals surface area contributed by atoms with Crippen molar-refractivity contribution in [2.45, 2.75) is 18.3 Å². The van der Waals surface area contributed by atoms with Crippen LogP contribution in [0.25, 0.3) is 0 Å². The smallest absolute Gasteiger partial charge is 0.236 e. The fourth-order valence-corrected chi connectivity index (χ4v) is 2.49. The first-order chi connectivity index (χ1) is 8.72. The van der Waals surface area contributed by atoms with E-state index in [1.165, 1.54) is 0 Å². The molecule has 4 nitrogen and oxygen atoms in total. The van der Waals surface area contributed by atoms with Crippen LogP contribution in [0, 0.1) is 11.3 Å². The Bertz CT molecular complexity index is 456. The number of nitrogens with two attached hydrogens (primary N) is 1. The number of rotatable bonds is 2. The molecule has 1 aliphatic rings. The van der Waals surface area contributed by atoms with Crippen LogP contribution in [0.3, 0.4) is 0 Å². The molecule has 0 aromatic heterocycles. The lowest BCUT2D eigenvalue weighted by Crippen LogP contribution is -2.46. The predicted octanol–water partition coefficient (Wildman–Crippen LogP) is 1.03. The molecule has 1 heterocycles. The molecule has 0 atom stereocenters. The average molecular weight is 243 g/mol. The first-order valence-electron chi connectivity index (χ1n) is 6.16. The van der Waals surface area contributed by atoms with Gasteiger partial charge >= 0.3 is 0 Å². The zero-order valence-corrected chi connectivity index (χ0v) is 10.3. The van der Waals surface area contributed by atoms with Crippen LogP contribution in [-0.2, 0) is 10.2 Å². The minimum absolute atomic E-state index is 0.0328. The third kappa shape index (κ3) is 2.22. The maximum absolute atomic E-state index is 11.5. The van der Waals surface area contributed by atoms with E-state index in [0.29, 0.717) is 25.9 Å². The summed E-state index contributed by atoms with van der Waals surface area (Å²) < 4.78 is 0. The number of nitrogens with zero attached hydrogens (tertiary/aromatic N) is 2. The van der Waals surface area contributed by atoms with Gasteiger partial charge in [0.25, 0.3) is 0 Å². The van der Waals surface area contributed by atoms with Gasteiger partial charge in [-0.05, 0) is 18.4 Å². The quantitative estimate of drug-likeness (QED) is 0.843. The highest BCUT2D eigenvalue weighted by Gasteiger charge is 2.37. The van der Waals surface area contributed by atoms with Crippen LogP contribution in [0.4, 0.5) is 0 Å². The summed E-state index contributed by atoms with van der Waals surface area (Å²) in [6.07, 6.45) is 1.36. The molecular weight excluding hydrogens is 226 g/mol. The molecular formula is C14H17N3O. The molecule has 0 saturated carbocycles. The average Bonchev–Trinajstić information content (AvgIpc) is 2.47. The largest absolute Gasteiger partial charge is 0.341 e. The van der Waals surface area contributed by atoms with Crippen molar-refractivity contribution in [3.05, 3.63) is 35.9 Å². The molecule has 2 rings (SSSR count). The van der Waals surface area contributed by atoms with Gasteiger partial charge in [-0.3, -0.25) is 4.79 Å². The molecule has 0 aliphatic carbocycles. The third-order valence-electron chi connectivity index (χ3n) is 3.68. The van der Waals surface area contributed by atoms with Gasteiger partial charge in [-0.25, -0.2) is 0 Å². The van der Waals surface area contributed by atoms with Crippen molar-refractivity contribution in [1.82, 2.24) is 4.90 Å². The Morgan fingerprint density at radius 2 is 1.94 bits per heavy atom. The van der Waals surface area contributed by atoms with Crippen molar-refractivity contribution in [1.29, 1.82) is 5.26 Å². The molecule has 1 aliphatic heterocycles. The normalized spacial score (nSPS) is 18.1. The lowest BCUT2D eigenvalue weighted by molar-refractivity contribution is -0.131. The van der Waals surface area contributed by atoms with Crippen molar-refractivity contribution >= 4 is 5.91 Å². The number of amides is 1. The second-order valence-electron chi connectivity index (χ2n) is 4.64. The van der Waals surface area contributed by atoms with Gasteiger partial charge in [0, 0.05) is 13.1 Å². The van der Waals surface area contributed by atoms with Gasteiger partial charge in [-0.1, -0.05) is 30.3 Å². The molecule has 0 radical (unpaired) electrons. The second kappa shape index (κ2) is 5.19. The monoisotopic (exact) mass is 243 g/mol. The highest BCUT2D eigenvalue weighted by Crippen LogP contribution is 2.34. The highest BCUT2D eigenvalue weighted by molar-refractivity contribution is 5.78. The molecule has 0 bridgehead atoms. The van der Waals surface area contributed by atoms with Crippen molar-refractivity contribution < 1.29 is 4.79 Å². The molecule has 0 unspecified atom stereocenters. The van der Waals surface area contributed by atoms with Gasteiger partial charge in [0.05, 0.1) is 18.0 Å². The number of hydrogen-bond donors (Lipinski definition) is 1. The van der Waals surface area contributed by atoms with Crippen LogP contribution in [0.5, 0.6) is 0 Å². The van der Waals surface area contributed by atoms with Crippen LogP contribution in [-0.4, -0.2) is 30.4 Å². The first-order valence-corrected chi connectivity index (χ1v) is 6.16. The molecule has 4 heteroatoms. The van der Waals surface area contributed by atoms with Gasteiger partial charge in [0.1, 0.15) is 0 Å². The topological polar surface area (TPSA) is 70.1 Å². The summed E-state index contributed by atoms with van der Waals surface area (Å²) in [6.45, 7) is 1.27. The van der Waals surface area contributed by atoms with Crippen molar-refractivity contribution in [2.24, 2.45) is 5.73 Å². The van der Waals surface area contributed by atoms with Gasteiger partial charge in [-0.2, -0.15) is 5.26 Å². The third-order valence-corrected chi connectivity index (χ3v) is 3.68. The van der Waals surface area contributed by atoms with Crippen LogP contribution >= 0.6 is 0 Å². The number of hydrogen-bond acceptors (Lipinski definition) is 3. The van der Waals surface area contributed by atoms with Gasteiger partial charge < -0.3 is 10.6 Å². The Labute approximate surface area is 107 Å². The zero-order valence-electron chi connectivity index (χ0n) is 10.3. The summed E-state index contributed by atoms with van der Waals surface area (Å²) >= 11 is 0. The molecule has 1 saturated heterocycles. The van der Waals surface area contributed by atoms with Crippen LogP contribution in [0.15, 0.2) is 30.3 Å². The summed E-state index contributed by atoms with van der Waals surface area (Å²) in [6, 6.07) is 12.3. The lowest BCUT2D eigenvalue weighted by atomic mass is 9.74. The lowest BCUT2D eigenvalue weighted by Gasteiger charge is -2.37. The van der Waals surface area contributed by atoms with Crippen molar-refractivity contribution in [3.8, 4) is 6.07 Å². The van der Waals surface area contributed by atoms with E-state index in [2.05, 4.69) is 6.07 Å². The summed E-state index contributed by atoms with van der Waals surface area (Å²) in [7, 11) is 0. The summed E-state index contributed by atoms with van der Waals surface area (Å²) in [5.41, 5.74) is 5.95. The molecule has 1 fully saturated rings. The molecule has 1 amide bonds. The second-order valence-corrected chi connectivity index (χ2v) is 4.64. The maximum atomic E-state index is 11.5. The van der Waals surface area contributed by atoms with Crippen LogP contribution in [0.2, 0.25) is 0 Å². The Kier molecular flexibility index (Phi) is 3.63. The Balaban J connectivity index is 2.15. The first kappa shape index (κ1) is 12.6. The highest BCUT2D eigenvalue weighted by atomic mass is 16.2. The number of carbonyl (C=O) groups is 1. The Morgan fingerprint density at radius 3 is 2.44 bits per heavy atom. The predicted molar refractivity (Wildman–Crippen MR) is 68.6 cm³/mol. The van der Waals surface area contributed by atoms with Crippen molar-refractivity contribution in [3.63, 3.8) is 0 Å². The molecule has 0 spiro atoms. The van der Waals surface area contributed by atoms with Crippen LogP contribution in [0.1, 0.15) is 18.4 Å². The number of likely N-dealkylation sites (tertiary alicyclic amines) is 1. The van der Waals surface area contributed by atoms with E-state index >= 15 is 0 Å². The molecule has 18 heavy (non-hydrogen) atoms.